The number of aromatic nitrogens is 1. The summed E-state index contributed by atoms with van der Waals surface area (Å²) in [6, 6.07) is 7.84. The second-order valence-electron chi connectivity index (χ2n) is 4.37. The van der Waals surface area contributed by atoms with E-state index in [2.05, 4.69) is 4.57 Å². The van der Waals surface area contributed by atoms with Gasteiger partial charge in [-0.15, -0.1) is 0 Å². The zero-order chi connectivity index (χ0) is 12.4. The standard InChI is InChI=1S/C13H17N3O/c1-15(2)13(17)6-8-16-7-5-10-9-11(14)3-4-12(10)16/h3-5,7,9H,6,8,14H2,1-2H3. The fraction of sp³-hybridized carbons (Fsp3) is 0.308. The summed E-state index contributed by atoms with van der Waals surface area (Å²) in [6.07, 6.45) is 2.51. The van der Waals surface area contributed by atoms with Gasteiger partial charge in [0.1, 0.15) is 0 Å². The van der Waals surface area contributed by atoms with Crippen LogP contribution in [0.1, 0.15) is 6.42 Å². The van der Waals surface area contributed by atoms with Crippen LogP contribution in [0.4, 0.5) is 5.69 Å². The van der Waals surface area contributed by atoms with Crippen LogP contribution in [0.25, 0.3) is 10.9 Å². The molecule has 4 heteroatoms. The zero-order valence-corrected chi connectivity index (χ0v) is 10.2. The Hall–Kier alpha value is -1.97. The highest BCUT2D eigenvalue weighted by Gasteiger charge is 2.06. The number of hydrogen-bond acceptors (Lipinski definition) is 2. The molecule has 2 rings (SSSR count). The van der Waals surface area contributed by atoms with Gasteiger partial charge in [0.25, 0.3) is 0 Å². The van der Waals surface area contributed by atoms with E-state index in [0.29, 0.717) is 13.0 Å². The molecule has 0 aliphatic carbocycles. The molecule has 17 heavy (non-hydrogen) atoms. The Balaban J connectivity index is 2.17. The number of anilines is 1. The Bertz CT molecular complexity index is 543. The number of nitrogens with zero attached hydrogens (tertiary/aromatic N) is 2. The minimum absolute atomic E-state index is 0.141. The van der Waals surface area contributed by atoms with Gasteiger partial charge in [-0.1, -0.05) is 0 Å². The van der Waals surface area contributed by atoms with Crippen molar-refractivity contribution >= 4 is 22.5 Å². The van der Waals surface area contributed by atoms with Crippen molar-refractivity contribution in [2.24, 2.45) is 0 Å². The lowest BCUT2D eigenvalue weighted by molar-refractivity contribution is -0.128. The van der Waals surface area contributed by atoms with Gasteiger partial charge in [0, 0.05) is 49.8 Å². The van der Waals surface area contributed by atoms with Gasteiger partial charge in [0.05, 0.1) is 0 Å². The van der Waals surface area contributed by atoms with Crippen molar-refractivity contribution < 1.29 is 4.79 Å². The summed E-state index contributed by atoms with van der Waals surface area (Å²) >= 11 is 0. The van der Waals surface area contributed by atoms with Crippen LogP contribution in [0.5, 0.6) is 0 Å². The first-order chi connectivity index (χ1) is 8.08. The number of fused-ring (bicyclic) bond motifs is 1. The van der Waals surface area contributed by atoms with Crippen molar-refractivity contribution in [3.8, 4) is 0 Å². The highest BCUT2D eigenvalue weighted by atomic mass is 16.2. The Morgan fingerprint density at radius 1 is 1.35 bits per heavy atom. The molecule has 0 aliphatic rings. The number of hydrogen-bond donors (Lipinski definition) is 1. The number of rotatable bonds is 3. The molecule has 1 aromatic heterocycles. The van der Waals surface area contributed by atoms with Crippen LogP contribution in [0.15, 0.2) is 30.5 Å². The molecule has 0 fully saturated rings. The molecule has 1 aromatic carbocycles. The van der Waals surface area contributed by atoms with Gasteiger partial charge in [-0.25, -0.2) is 0 Å². The molecule has 2 aromatic rings. The Labute approximate surface area is 101 Å². The van der Waals surface area contributed by atoms with Crippen LogP contribution in [-0.4, -0.2) is 29.5 Å². The van der Waals surface area contributed by atoms with Crippen molar-refractivity contribution in [3.63, 3.8) is 0 Å². The molecule has 0 radical (unpaired) electrons. The summed E-state index contributed by atoms with van der Waals surface area (Å²) in [4.78, 5) is 13.1. The van der Waals surface area contributed by atoms with Gasteiger partial charge in [-0.05, 0) is 24.3 Å². The molecule has 0 spiro atoms. The first-order valence-corrected chi connectivity index (χ1v) is 5.62. The highest BCUT2D eigenvalue weighted by Crippen LogP contribution is 2.19. The first-order valence-electron chi connectivity index (χ1n) is 5.62. The number of aryl methyl sites for hydroxylation is 1. The number of nitrogens with two attached hydrogens (primary N) is 1. The lowest BCUT2D eigenvalue weighted by atomic mass is 10.2. The molecule has 0 unspecified atom stereocenters. The van der Waals surface area contributed by atoms with Crippen molar-refractivity contribution in [2.45, 2.75) is 13.0 Å². The second-order valence-corrected chi connectivity index (χ2v) is 4.37. The third kappa shape index (κ3) is 2.41. The normalized spacial score (nSPS) is 10.7. The number of carbonyl (C=O) groups is 1. The molecule has 90 valence electrons. The minimum atomic E-state index is 0.141. The van der Waals surface area contributed by atoms with Crippen LogP contribution < -0.4 is 5.73 Å². The molecule has 2 N–H and O–H groups in total. The lowest BCUT2D eigenvalue weighted by Crippen LogP contribution is -2.22. The third-order valence-corrected chi connectivity index (χ3v) is 2.86. The van der Waals surface area contributed by atoms with E-state index in [0.717, 1.165) is 16.6 Å². The summed E-state index contributed by atoms with van der Waals surface area (Å²) in [5.74, 6) is 0.141. The molecule has 0 aliphatic heterocycles. The summed E-state index contributed by atoms with van der Waals surface area (Å²) in [5.41, 5.74) is 7.60. The molecule has 0 bridgehead atoms. The third-order valence-electron chi connectivity index (χ3n) is 2.86. The summed E-state index contributed by atoms with van der Waals surface area (Å²) in [6.45, 7) is 0.699. The molecule has 4 nitrogen and oxygen atoms in total. The van der Waals surface area contributed by atoms with Crippen LogP contribution in [0.3, 0.4) is 0 Å². The largest absolute Gasteiger partial charge is 0.399 e. The maximum absolute atomic E-state index is 11.5. The maximum atomic E-state index is 11.5. The maximum Gasteiger partial charge on any atom is 0.223 e. The van der Waals surface area contributed by atoms with E-state index >= 15 is 0 Å². The molecule has 1 amide bonds. The van der Waals surface area contributed by atoms with Gasteiger partial charge >= 0.3 is 0 Å². The van der Waals surface area contributed by atoms with Gasteiger partial charge in [0.2, 0.25) is 5.91 Å². The summed E-state index contributed by atoms with van der Waals surface area (Å²) in [7, 11) is 3.55. The number of benzene rings is 1. The van der Waals surface area contributed by atoms with Crippen molar-refractivity contribution in [1.82, 2.24) is 9.47 Å². The second kappa shape index (κ2) is 4.49. The average molecular weight is 231 g/mol. The number of amides is 1. The van der Waals surface area contributed by atoms with E-state index in [9.17, 15) is 4.79 Å². The van der Waals surface area contributed by atoms with E-state index < -0.39 is 0 Å². The number of nitrogen functional groups attached to an aromatic ring is 1. The molecule has 1 heterocycles. The number of carbonyl (C=O) groups excluding carboxylic acids is 1. The molecule has 0 atom stereocenters. The van der Waals surface area contributed by atoms with Gasteiger partial charge in [0.15, 0.2) is 0 Å². The van der Waals surface area contributed by atoms with Gasteiger partial charge in [-0.2, -0.15) is 0 Å². The average Bonchev–Trinajstić information content (AvgIpc) is 2.67. The fourth-order valence-corrected chi connectivity index (χ4v) is 1.85. The van der Waals surface area contributed by atoms with Crippen molar-refractivity contribution in [3.05, 3.63) is 30.5 Å². The van der Waals surface area contributed by atoms with Gasteiger partial charge in [-0.3, -0.25) is 4.79 Å². The molecule has 0 saturated carbocycles. The van der Waals surface area contributed by atoms with Crippen LogP contribution >= 0.6 is 0 Å². The zero-order valence-electron chi connectivity index (χ0n) is 10.2. The predicted molar refractivity (Wildman–Crippen MR) is 69.7 cm³/mol. The van der Waals surface area contributed by atoms with E-state index in [1.807, 2.05) is 30.5 Å². The summed E-state index contributed by atoms with van der Waals surface area (Å²) < 4.78 is 2.08. The van der Waals surface area contributed by atoms with Crippen LogP contribution in [-0.2, 0) is 11.3 Å². The van der Waals surface area contributed by atoms with E-state index in [-0.39, 0.29) is 5.91 Å². The molecule has 0 saturated heterocycles. The van der Waals surface area contributed by atoms with Gasteiger partial charge < -0.3 is 15.2 Å². The smallest absolute Gasteiger partial charge is 0.223 e. The van der Waals surface area contributed by atoms with E-state index in [1.165, 1.54) is 0 Å². The Kier molecular flexibility index (Phi) is 3.04. The van der Waals surface area contributed by atoms with Crippen LogP contribution in [0.2, 0.25) is 0 Å². The Morgan fingerprint density at radius 3 is 2.82 bits per heavy atom. The Morgan fingerprint density at radius 2 is 2.12 bits per heavy atom. The lowest BCUT2D eigenvalue weighted by Gasteiger charge is -2.11. The molecular weight excluding hydrogens is 214 g/mol. The predicted octanol–water partition coefficient (Wildman–Crippen LogP) is 1.70. The SMILES string of the molecule is CN(C)C(=O)CCn1ccc2cc(N)ccc21. The van der Waals surface area contributed by atoms with Crippen molar-refractivity contribution in [2.75, 3.05) is 19.8 Å². The van der Waals surface area contributed by atoms with Crippen molar-refractivity contribution in [1.29, 1.82) is 0 Å². The topological polar surface area (TPSA) is 51.3 Å². The highest BCUT2D eigenvalue weighted by molar-refractivity contribution is 5.83. The quantitative estimate of drug-likeness (QED) is 0.817. The minimum Gasteiger partial charge on any atom is -0.399 e. The first kappa shape index (κ1) is 11.5. The summed E-state index contributed by atoms with van der Waals surface area (Å²) in [5, 5.41) is 1.11. The fourth-order valence-electron chi connectivity index (χ4n) is 1.85. The monoisotopic (exact) mass is 231 g/mol. The van der Waals surface area contributed by atoms with E-state index in [4.69, 9.17) is 5.73 Å². The molecular formula is C13H17N3O. The van der Waals surface area contributed by atoms with E-state index in [1.54, 1.807) is 19.0 Å². The van der Waals surface area contributed by atoms with Crippen LogP contribution in [0, 0.1) is 0 Å².